The van der Waals surface area contributed by atoms with Crippen molar-refractivity contribution in [1.82, 2.24) is 14.3 Å². The van der Waals surface area contributed by atoms with Crippen LogP contribution in [-0.2, 0) is 6.54 Å². The SMILES string of the molecule is Clc1cncc(NCc2ccns2)n1. The summed E-state index contributed by atoms with van der Waals surface area (Å²) in [5, 5.41) is 3.49. The predicted octanol–water partition coefficient (Wildman–Crippen LogP) is 2.20. The summed E-state index contributed by atoms with van der Waals surface area (Å²) in [4.78, 5) is 9.11. The number of halogens is 1. The highest BCUT2D eigenvalue weighted by Gasteiger charge is 1.97. The van der Waals surface area contributed by atoms with Crippen LogP contribution in [0.4, 0.5) is 5.82 Å². The van der Waals surface area contributed by atoms with Gasteiger partial charge in [-0.3, -0.25) is 4.98 Å². The maximum absolute atomic E-state index is 5.68. The van der Waals surface area contributed by atoms with Crippen LogP contribution in [0.2, 0.25) is 5.15 Å². The van der Waals surface area contributed by atoms with Gasteiger partial charge in [0, 0.05) is 11.1 Å². The molecule has 0 bridgehead atoms. The van der Waals surface area contributed by atoms with Crippen LogP contribution in [0.3, 0.4) is 0 Å². The van der Waals surface area contributed by atoms with Crippen LogP contribution in [0, 0.1) is 0 Å². The molecule has 2 aromatic heterocycles. The van der Waals surface area contributed by atoms with Crippen LogP contribution < -0.4 is 5.32 Å². The molecule has 0 saturated heterocycles. The highest BCUT2D eigenvalue weighted by Crippen LogP contribution is 2.10. The third-order valence-electron chi connectivity index (χ3n) is 1.54. The lowest BCUT2D eigenvalue weighted by Gasteiger charge is -2.01. The van der Waals surface area contributed by atoms with Crippen molar-refractivity contribution in [3.05, 3.63) is 34.7 Å². The summed E-state index contributed by atoms with van der Waals surface area (Å²) in [6, 6.07) is 1.95. The van der Waals surface area contributed by atoms with Gasteiger partial charge in [0.05, 0.1) is 18.9 Å². The second-order valence-corrected chi connectivity index (χ2v) is 3.86. The van der Waals surface area contributed by atoms with Crippen LogP contribution in [-0.4, -0.2) is 14.3 Å². The quantitative estimate of drug-likeness (QED) is 0.872. The fraction of sp³-hybridized carbons (Fsp3) is 0.125. The first kappa shape index (κ1) is 9.36. The molecule has 2 rings (SSSR count). The summed E-state index contributed by atoms with van der Waals surface area (Å²) in [7, 11) is 0. The van der Waals surface area contributed by atoms with Gasteiger partial charge in [0.15, 0.2) is 0 Å². The van der Waals surface area contributed by atoms with Crippen LogP contribution in [0.15, 0.2) is 24.7 Å². The van der Waals surface area contributed by atoms with E-state index in [-0.39, 0.29) is 0 Å². The number of nitrogens with zero attached hydrogens (tertiary/aromatic N) is 3. The minimum absolute atomic E-state index is 0.388. The van der Waals surface area contributed by atoms with Crippen LogP contribution in [0.5, 0.6) is 0 Å². The summed E-state index contributed by atoms with van der Waals surface area (Å²) >= 11 is 7.13. The van der Waals surface area contributed by atoms with Crippen molar-refractivity contribution in [1.29, 1.82) is 0 Å². The lowest BCUT2D eigenvalue weighted by molar-refractivity contribution is 1.11. The molecule has 72 valence electrons. The van der Waals surface area contributed by atoms with Gasteiger partial charge in [0.1, 0.15) is 11.0 Å². The number of aromatic nitrogens is 3. The van der Waals surface area contributed by atoms with Gasteiger partial charge in [-0.2, -0.15) is 0 Å². The summed E-state index contributed by atoms with van der Waals surface area (Å²) in [6.45, 7) is 0.694. The number of rotatable bonds is 3. The van der Waals surface area contributed by atoms with E-state index in [0.29, 0.717) is 17.5 Å². The lowest BCUT2D eigenvalue weighted by Crippen LogP contribution is -2.00. The Hall–Kier alpha value is -1.20. The van der Waals surface area contributed by atoms with Gasteiger partial charge in [-0.15, -0.1) is 0 Å². The molecule has 0 aromatic carbocycles. The third kappa shape index (κ3) is 2.40. The fourth-order valence-corrected chi connectivity index (χ4v) is 1.60. The van der Waals surface area contributed by atoms with Gasteiger partial charge < -0.3 is 5.32 Å². The Morgan fingerprint density at radius 1 is 1.43 bits per heavy atom. The topological polar surface area (TPSA) is 50.7 Å². The Balaban J connectivity index is 1.98. The van der Waals surface area contributed by atoms with Crippen LogP contribution in [0.1, 0.15) is 4.88 Å². The summed E-state index contributed by atoms with van der Waals surface area (Å²) < 4.78 is 3.99. The van der Waals surface area contributed by atoms with E-state index < -0.39 is 0 Å². The summed E-state index contributed by atoms with van der Waals surface area (Å²) in [5.41, 5.74) is 0. The van der Waals surface area contributed by atoms with Gasteiger partial charge in [0.25, 0.3) is 0 Å². The number of hydrogen-bond donors (Lipinski definition) is 1. The molecule has 0 aliphatic heterocycles. The monoisotopic (exact) mass is 226 g/mol. The minimum atomic E-state index is 0.388. The van der Waals surface area contributed by atoms with E-state index in [1.54, 1.807) is 12.4 Å². The Kier molecular flexibility index (Phi) is 2.90. The summed E-state index contributed by atoms with van der Waals surface area (Å²) in [5.74, 6) is 0.672. The van der Waals surface area contributed by atoms with Crippen molar-refractivity contribution in [3.63, 3.8) is 0 Å². The summed E-state index contributed by atoms with van der Waals surface area (Å²) in [6.07, 6.45) is 4.90. The molecule has 0 amide bonds. The van der Waals surface area contributed by atoms with E-state index in [1.807, 2.05) is 6.07 Å². The van der Waals surface area contributed by atoms with E-state index in [0.717, 1.165) is 4.88 Å². The van der Waals surface area contributed by atoms with Gasteiger partial charge in [0.2, 0.25) is 0 Å². The Bertz CT molecular complexity index is 403. The molecule has 0 spiro atoms. The average molecular weight is 227 g/mol. The van der Waals surface area contributed by atoms with E-state index in [1.165, 1.54) is 17.7 Å². The van der Waals surface area contributed by atoms with E-state index in [9.17, 15) is 0 Å². The molecule has 2 aromatic rings. The van der Waals surface area contributed by atoms with Crippen molar-refractivity contribution in [2.24, 2.45) is 0 Å². The fourth-order valence-electron chi connectivity index (χ4n) is 0.938. The Morgan fingerprint density at radius 2 is 2.36 bits per heavy atom. The highest BCUT2D eigenvalue weighted by molar-refractivity contribution is 7.05. The van der Waals surface area contributed by atoms with E-state index in [2.05, 4.69) is 19.7 Å². The first-order valence-corrected chi connectivity index (χ1v) is 5.11. The number of hydrogen-bond acceptors (Lipinski definition) is 5. The molecular weight excluding hydrogens is 220 g/mol. The number of anilines is 1. The molecule has 0 atom stereocenters. The van der Waals surface area contributed by atoms with Gasteiger partial charge in [-0.05, 0) is 17.6 Å². The second kappa shape index (κ2) is 4.34. The average Bonchev–Trinajstić information content (AvgIpc) is 2.67. The van der Waals surface area contributed by atoms with Crippen molar-refractivity contribution >= 4 is 29.0 Å². The van der Waals surface area contributed by atoms with Gasteiger partial charge in [-0.25, -0.2) is 9.36 Å². The molecule has 1 N–H and O–H groups in total. The van der Waals surface area contributed by atoms with E-state index in [4.69, 9.17) is 11.6 Å². The highest BCUT2D eigenvalue weighted by atomic mass is 35.5. The molecule has 2 heterocycles. The maximum atomic E-state index is 5.68. The zero-order valence-corrected chi connectivity index (χ0v) is 8.72. The molecule has 6 heteroatoms. The standard InChI is InChI=1S/C8H7ClN4S/c9-7-4-10-5-8(13-7)11-3-6-1-2-12-14-6/h1-2,4-5H,3H2,(H,11,13). The minimum Gasteiger partial charge on any atom is -0.364 e. The molecule has 0 radical (unpaired) electrons. The zero-order chi connectivity index (χ0) is 9.80. The lowest BCUT2D eigenvalue weighted by atomic mass is 10.5. The molecule has 4 nitrogen and oxygen atoms in total. The van der Waals surface area contributed by atoms with Gasteiger partial charge >= 0.3 is 0 Å². The molecule has 0 saturated carbocycles. The first-order valence-electron chi connectivity index (χ1n) is 3.95. The smallest absolute Gasteiger partial charge is 0.149 e. The van der Waals surface area contributed by atoms with Crippen molar-refractivity contribution in [2.75, 3.05) is 5.32 Å². The van der Waals surface area contributed by atoms with Crippen molar-refractivity contribution < 1.29 is 0 Å². The van der Waals surface area contributed by atoms with Crippen LogP contribution in [0.25, 0.3) is 0 Å². The first-order chi connectivity index (χ1) is 6.84. The molecule has 0 aliphatic carbocycles. The van der Waals surface area contributed by atoms with Crippen LogP contribution >= 0.6 is 23.1 Å². The Morgan fingerprint density at radius 3 is 3.07 bits per heavy atom. The molecule has 0 aliphatic rings. The zero-order valence-electron chi connectivity index (χ0n) is 7.14. The molecule has 0 unspecified atom stereocenters. The second-order valence-electron chi connectivity index (χ2n) is 2.56. The normalized spacial score (nSPS) is 10.1. The maximum Gasteiger partial charge on any atom is 0.149 e. The van der Waals surface area contributed by atoms with Crippen molar-refractivity contribution in [2.45, 2.75) is 6.54 Å². The predicted molar refractivity (Wildman–Crippen MR) is 56.5 cm³/mol. The Labute approximate surface area is 90.1 Å². The van der Waals surface area contributed by atoms with Crippen molar-refractivity contribution in [3.8, 4) is 0 Å². The largest absolute Gasteiger partial charge is 0.364 e. The molecular formula is C8H7ClN4S. The van der Waals surface area contributed by atoms with E-state index >= 15 is 0 Å². The number of nitrogens with one attached hydrogen (secondary N) is 1. The van der Waals surface area contributed by atoms with Gasteiger partial charge in [-0.1, -0.05) is 11.6 Å². The molecule has 0 fully saturated rings. The third-order valence-corrected chi connectivity index (χ3v) is 2.46. The molecule has 14 heavy (non-hydrogen) atoms.